The van der Waals surface area contributed by atoms with Crippen LogP contribution in [0.3, 0.4) is 0 Å². The van der Waals surface area contributed by atoms with Crippen LogP contribution in [-0.4, -0.2) is 17.0 Å². The van der Waals surface area contributed by atoms with Crippen LogP contribution < -0.4 is 10.2 Å². The average Bonchev–Trinajstić information content (AvgIpc) is 3.02. The van der Waals surface area contributed by atoms with Gasteiger partial charge >= 0.3 is 5.97 Å². The van der Waals surface area contributed by atoms with Gasteiger partial charge in [0.1, 0.15) is 5.70 Å². The standard InChI is InChI=1S/C24H17Br2ClN2O3/c25-15-3-9-18(10-4-15)28-22-20(13-21(30)31)23(14-1-7-17(27)8-2-14)29(24(22)32)19-11-5-16(26)6-12-19/h1-12,23,28H,13H2,(H,30,31). The van der Waals surface area contributed by atoms with Crippen LogP contribution in [0.25, 0.3) is 0 Å². The minimum Gasteiger partial charge on any atom is -0.481 e. The summed E-state index contributed by atoms with van der Waals surface area (Å²) in [4.78, 5) is 27.1. The van der Waals surface area contributed by atoms with E-state index in [4.69, 9.17) is 11.6 Å². The van der Waals surface area contributed by atoms with Gasteiger partial charge in [-0.25, -0.2) is 0 Å². The third-order valence-corrected chi connectivity index (χ3v) is 6.40. The summed E-state index contributed by atoms with van der Waals surface area (Å²) in [7, 11) is 0. The number of carbonyl (C=O) groups excluding carboxylic acids is 1. The van der Waals surface area contributed by atoms with Gasteiger partial charge in [0.25, 0.3) is 5.91 Å². The summed E-state index contributed by atoms with van der Waals surface area (Å²) in [6.07, 6.45) is -0.287. The number of benzene rings is 3. The lowest BCUT2D eigenvalue weighted by molar-refractivity contribution is -0.136. The molecule has 1 heterocycles. The van der Waals surface area contributed by atoms with Crippen LogP contribution in [0.1, 0.15) is 18.0 Å². The summed E-state index contributed by atoms with van der Waals surface area (Å²) in [5.41, 5.74) is 2.86. The van der Waals surface area contributed by atoms with Crippen molar-refractivity contribution in [3.63, 3.8) is 0 Å². The zero-order valence-corrected chi connectivity index (χ0v) is 20.5. The molecule has 1 unspecified atom stereocenters. The topological polar surface area (TPSA) is 69.6 Å². The number of hydrogen-bond donors (Lipinski definition) is 2. The number of carbonyl (C=O) groups is 2. The molecular weight excluding hydrogens is 560 g/mol. The second-order valence-corrected chi connectivity index (χ2v) is 9.48. The van der Waals surface area contributed by atoms with Crippen molar-refractivity contribution in [3.05, 3.63) is 104 Å². The molecule has 1 aliphatic rings. The van der Waals surface area contributed by atoms with E-state index in [-0.39, 0.29) is 18.0 Å². The Kier molecular flexibility index (Phi) is 6.69. The van der Waals surface area contributed by atoms with Gasteiger partial charge in [-0.2, -0.15) is 0 Å². The molecule has 0 fully saturated rings. The SMILES string of the molecule is O=C(O)CC1=C(Nc2ccc(Br)cc2)C(=O)N(c2ccc(Br)cc2)C1c1ccc(Cl)cc1. The number of carboxylic acid groups (broad SMARTS) is 1. The molecule has 0 saturated heterocycles. The van der Waals surface area contributed by atoms with Crippen LogP contribution >= 0.6 is 43.5 Å². The molecule has 5 nitrogen and oxygen atoms in total. The third kappa shape index (κ3) is 4.75. The summed E-state index contributed by atoms with van der Waals surface area (Å²) in [5.74, 6) is -1.31. The highest BCUT2D eigenvalue weighted by Crippen LogP contribution is 2.43. The molecule has 1 aliphatic heterocycles. The van der Waals surface area contributed by atoms with Crippen molar-refractivity contribution in [1.29, 1.82) is 0 Å². The van der Waals surface area contributed by atoms with E-state index in [0.717, 1.165) is 14.5 Å². The molecule has 2 N–H and O–H groups in total. The molecule has 0 radical (unpaired) electrons. The minimum absolute atomic E-state index is 0.262. The average molecular weight is 577 g/mol. The largest absolute Gasteiger partial charge is 0.481 e. The van der Waals surface area contributed by atoms with Gasteiger partial charge in [-0.15, -0.1) is 0 Å². The monoisotopic (exact) mass is 574 g/mol. The number of halogens is 3. The molecule has 1 atom stereocenters. The molecule has 3 aromatic rings. The van der Waals surface area contributed by atoms with Gasteiger partial charge in [0, 0.05) is 25.3 Å². The first-order chi connectivity index (χ1) is 15.3. The molecule has 1 amide bonds. The Bertz CT molecular complexity index is 1190. The van der Waals surface area contributed by atoms with Crippen LogP contribution in [0.15, 0.2) is 93.0 Å². The summed E-state index contributed by atoms with van der Waals surface area (Å²) < 4.78 is 1.78. The molecule has 0 spiro atoms. The maximum atomic E-state index is 13.7. The molecule has 3 aromatic carbocycles. The molecular formula is C24H17Br2ClN2O3. The predicted octanol–water partition coefficient (Wildman–Crippen LogP) is 6.79. The smallest absolute Gasteiger partial charge is 0.307 e. The first-order valence-corrected chi connectivity index (χ1v) is 11.6. The van der Waals surface area contributed by atoms with Gasteiger partial charge in [-0.3, -0.25) is 14.5 Å². The Balaban J connectivity index is 1.86. The predicted molar refractivity (Wildman–Crippen MR) is 133 cm³/mol. The molecule has 8 heteroatoms. The zero-order valence-electron chi connectivity index (χ0n) is 16.6. The van der Waals surface area contributed by atoms with Crippen molar-refractivity contribution in [3.8, 4) is 0 Å². The highest BCUT2D eigenvalue weighted by Gasteiger charge is 2.41. The molecule has 0 aliphatic carbocycles. The third-order valence-electron chi connectivity index (χ3n) is 5.09. The summed E-state index contributed by atoms with van der Waals surface area (Å²) in [5, 5.41) is 13.4. The number of nitrogens with one attached hydrogen (secondary N) is 1. The number of rotatable bonds is 6. The fourth-order valence-corrected chi connectivity index (χ4v) is 4.34. The Morgan fingerprint density at radius 2 is 1.50 bits per heavy atom. The van der Waals surface area contributed by atoms with Gasteiger partial charge < -0.3 is 10.4 Å². The highest BCUT2D eigenvalue weighted by atomic mass is 79.9. The van der Waals surface area contributed by atoms with Gasteiger partial charge in [-0.1, -0.05) is 55.6 Å². The van der Waals surface area contributed by atoms with Crippen LogP contribution in [0.4, 0.5) is 11.4 Å². The summed E-state index contributed by atoms with van der Waals surface area (Å²) in [6.45, 7) is 0. The lowest BCUT2D eigenvalue weighted by Crippen LogP contribution is -2.31. The zero-order chi connectivity index (χ0) is 22.8. The van der Waals surface area contributed by atoms with Gasteiger partial charge in [0.15, 0.2) is 0 Å². The van der Waals surface area contributed by atoms with Crippen molar-refractivity contribution in [1.82, 2.24) is 0 Å². The van der Waals surface area contributed by atoms with E-state index in [2.05, 4.69) is 37.2 Å². The van der Waals surface area contributed by atoms with E-state index in [1.807, 2.05) is 60.7 Å². The van der Waals surface area contributed by atoms with E-state index in [0.29, 0.717) is 22.0 Å². The van der Waals surface area contributed by atoms with E-state index in [9.17, 15) is 14.7 Å². The summed E-state index contributed by atoms with van der Waals surface area (Å²) >= 11 is 12.9. The van der Waals surface area contributed by atoms with Crippen molar-refractivity contribution >= 4 is 66.7 Å². The van der Waals surface area contributed by atoms with E-state index in [1.54, 1.807) is 17.0 Å². The second-order valence-electron chi connectivity index (χ2n) is 7.21. The first-order valence-electron chi connectivity index (χ1n) is 9.65. The van der Waals surface area contributed by atoms with Crippen LogP contribution in [0, 0.1) is 0 Å². The molecule has 4 rings (SSSR count). The number of nitrogens with zero attached hydrogens (tertiary/aromatic N) is 1. The molecule has 0 saturated carbocycles. The number of hydrogen-bond acceptors (Lipinski definition) is 3. The van der Waals surface area contributed by atoms with Gasteiger partial charge in [0.05, 0.1) is 12.5 Å². The van der Waals surface area contributed by atoms with E-state index >= 15 is 0 Å². The Morgan fingerprint density at radius 1 is 0.938 bits per heavy atom. The first kappa shape index (κ1) is 22.6. The number of carboxylic acids is 1. The highest BCUT2D eigenvalue weighted by molar-refractivity contribution is 9.10. The lowest BCUT2D eigenvalue weighted by Gasteiger charge is -2.27. The maximum Gasteiger partial charge on any atom is 0.307 e. The Morgan fingerprint density at radius 3 is 2.06 bits per heavy atom. The van der Waals surface area contributed by atoms with Crippen molar-refractivity contribution in [2.75, 3.05) is 10.2 Å². The minimum atomic E-state index is -1.01. The van der Waals surface area contributed by atoms with Crippen molar-refractivity contribution < 1.29 is 14.7 Å². The number of aliphatic carboxylic acids is 1. The lowest BCUT2D eigenvalue weighted by atomic mass is 9.96. The molecule has 0 aromatic heterocycles. The van der Waals surface area contributed by atoms with Crippen LogP contribution in [-0.2, 0) is 9.59 Å². The molecule has 32 heavy (non-hydrogen) atoms. The van der Waals surface area contributed by atoms with Gasteiger partial charge in [0.2, 0.25) is 0 Å². The fraction of sp³-hybridized carbons (Fsp3) is 0.0833. The fourth-order valence-electron chi connectivity index (χ4n) is 3.69. The van der Waals surface area contributed by atoms with E-state index in [1.165, 1.54) is 0 Å². The van der Waals surface area contributed by atoms with Gasteiger partial charge in [-0.05, 0) is 71.8 Å². The van der Waals surface area contributed by atoms with Crippen molar-refractivity contribution in [2.45, 2.75) is 12.5 Å². The van der Waals surface area contributed by atoms with Crippen molar-refractivity contribution in [2.24, 2.45) is 0 Å². The van der Waals surface area contributed by atoms with E-state index < -0.39 is 12.0 Å². The Labute approximate surface area is 207 Å². The maximum absolute atomic E-state index is 13.7. The normalized spacial score (nSPS) is 15.9. The Hall–Kier alpha value is -2.61. The quantitative estimate of drug-likeness (QED) is 0.339. The number of anilines is 2. The summed E-state index contributed by atoms with van der Waals surface area (Å²) in [6, 6.07) is 21.2. The van der Waals surface area contributed by atoms with Crippen LogP contribution in [0.2, 0.25) is 5.02 Å². The van der Waals surface area contributed by atoms with Crippen LogP contribution in [0.5, 0.6) is 0 Å². The molecule has 162 valence electrons. The number of amides is 1. The second kappa shape index (κ2) is 9.48. The molecule has 0 bridgehead atoms.